The molecule has 5 nitrogen and oxygen atoms in total. The van der Waals surface area contributed by atoms with E-state index in [1.54, 1.807) is 12.1 Å². The molecule has 0 spiro atoms. The highest BCUT2D eigenvalue weighted by Gasteiger charge is 2.24. The second-order valence-electron chi connectivity index (χ2n) is 6.72. The summed E-state index contributed by atoms with van der Waals surface area (Å²) < 4.78 is 13.9. The monoisotopic (exact) mass is 394 g/mol. The van der Waals surface area contributed by atoms with Crippen LogP contribution in [0.1, 0.15) is 32.6 Å². The maximum Gasteiger partial charge on any atom is 0.233 e. The Labute approximate surface area is 161 Å². The molecule has 0 radical (unpaired) electrons. The fourth-order valence-corrected chi connectivity index (χ4v) is 4.76. The predicted octanol–water partition coefficient (Wildman–Crippen LogP) is 4.55. The van der Waals surface area contributed by atoms with Gasteiger partial charge in [0.2, 0.25) is 11.0 Å². The molecule has 26 heavy (non-hydrogen) atoms. The van der Waals surface area contributed by atoms with Crippen molar-refractivity contribution in [1.82, 2.24) is 15.1 Å². The second-order valence-corrected chi connectivity index (χ2v) is 8.92. The lowest BCUT2D eigenvalue weighted by Crippen LogP contribution is -2.40. The molecular formula is C18H23FN4OS2. The number of hydrogen-bond acceptors (Lipinski definition) is 6. The highest BCUT2D eigenvalue weighted by atomic mass is 32.2. The van der Waals surface area contributed by atoms with Crippen LogP contribution in [-0.2, 0) is 4.79 Å². The summed E-state index contributed by atoms with van der Waals surface area (Å²) in [4.78, 5) is 14.3. The summed E-state index contributed by atoms with van der Waals surface area (Å²) in [7, 11) is 1.90. The highest BCUT2D eigenvalue weighted by molar-refractivity contribution is 8.01. The Kier molecular flexibility index (Phi) is 6.48. The van der Waals surface area contributed by atoms with Gasteiger partial charge in [-0.25, -0.2) is 4.39 Å². The minimum absolute atomic E-state index is 0.129. The lowest BCUT2D eigenvalue weighted by Gasteiger charge is -2.33. The van der Waals surface area contributed by atoms with Crippen LogP contribution in [0.3, 0.4) is 0 Å². The molecule has 1 fully saturated rings. The quantitative estimate of drug-likeness (QED) is 0.729. The Bertz CT molecular complexity index is 746. The number of nitrogens with zero attached hydrogens (tertiary/aromatic N) is 3. The molecule has 1 aromatic carbocycles. The number of rotatable bonds is 6. The van der Waals surface area contributed by atoms with Crippen LogP contribution in [-0.4, -0.2) is 39.8 Å². The first-order chi connectivity index (χ1) is 12.5. The van der Waals surface area contributed by atoms with E-state index in [-0.39, 0.29) is 11.7 Å². The first-order valence-corrected chi connectivity index (χ1v) is 10.6. The van der Waals surface area contributed by atoms with Gasteiger partial charge in [-0.3, -0.25) is 4.79 Å². The fourth-order valence-electron chi connectivity index (χ4n) is 3.07. The largest absolute Gasteiger partial charge is 0.342 e. The van der Waals surface area contributed by atoms with E-state index in [2.05, 4.69) is 22.4 Å². The molecule has 0 aliphatic heterocycles. The van der Waals surface area contributed by atoms with E-state index in [1.165, 1.54) is 48.1 Å². The molecule has 1 heterocycles. The topological polar surface area (TPSA) is 58.1 Å². The van der Waals surface area contributed by atoms with Crippen molar-refractivity contribution >= 4 is 39.8 Å². The van der Waals surface area contributed by atoms with E-state index >= 15 is 0 Å². The van der Waals surface area contributed by atoms with Crippen LogP contribution in [0.2, 0.25) is 0 Å². The lowest BCUT2D eigenvalue weighted by atomic mass is 9.87. The molecule has 0 atom stereocenters. The Balaban J connectivity index is 1.49. The summed E-state index contributed by atoms with van der Waals surface area (Å²) in [6.07, 6.45) is 4.57. The molecule has 0 saturated heterocycles. The van der Waals surface area contributed by atoms with Gasteiger partial charge in [-0.15, -0.1) is 10.2 Å². The summed E-state index contributed by atoms with van der Waals surface area (Å²) in [6.45, 7) is 2.28. The van der Waals surface area contributed by atoms with Crippen LogP contribution in [0.15, 0.2) is 28.6 Å². The van der Waals surface area contributed by atoms with E-state index in [4.69, 9.17) is 0 Å². The Morgan fingerprint density at radius 1 is 1.35 bits per heavy atom. The van der Waals surface area contributed by atoms with E-state index in [0.29, 0.717) is 22.6 Å². The molecule has 1 saturated carbocycles. The van der Waals surface area contributed by atoms with Gasteiger partial charge in [-0.1, -0.05) is 36.1 Å². The first kappa shape index (κ1) is 19.1. The Morgan fingerprint density at radius 2 is 2.12 bits per heavy atom. The molecule has 0 bridgehead atoms. The van der Waals surface area contributed by atoms with Crippen LogP contribution in [0.5, 0.6) is 0 Å². The number of aromatic nitrogens is 2. The molecule has 0 unspecified atom stereocenters. The third kappa shape index (κ3) is 5.17. The average molecular weight is 395 g/mol. The van der Waals surface area contributed by atoms with Crippen LogP contribution in [0.4, 0.5) is 15.2 Å². The van der Waals surface area contributed by atoms with Gasteiger partial charge in [0.1, 0.15) is 5.82 Å². The smallest absolute Gasteiger partial charge is 0.233 e. The summed E-state index contributed by atoms with van der Waals surface area (Å²) in [5.74, 6) is 0.954. The van der Waals surface area contributed by atoms with Gasteiger partial charge in [0, 0.05) is 18.8 Å². The van der Waals surface area contributed by atoms with Crippen LogP contribution in [0, 0.1) is 11.7 Å². The lowest BCUT2D eigenvalue weighted by molar-refractivity contribution is -0.129. The summed E-state index contributed by atoms with van der Waals surface area (Å²) >= 11 is 2.76. The molecule has 2 aromatic rings. The number of amides is 1. The standard InChI is InChI=1S/C18H23FN4OS2/c1-12-6-8-15(9-7-12)23(2)16(24)11-25-18-22-21-17(26-18)20-14-5-3-4-13(19)10-14/h3-5,10,12,15H,6-9,11H2,1-2H3,(H,20,21). The molecular weight excluding hydrogens is 371 g/mol. The third-order valence-electron chi connectivity index (χ3n) is 4.73. The van der Waals surface area contributed by atoms with Gasteiger partial charge in [0.25, 0.3) is 0 Å². The number of nitrogens with one attached hydrogen (secondary N) is 1. The van der Waals surface area contributed by atoms with E-state index < -0.39 is 0 Å². The first-order valence-electron chi connectivity index (χ1n) is 8.76. The molecule has 1 N–H and O–H groups in total. The van der Waals surface area contributed by atoms with E-state index in [0.717, 1.165) is 23.1 Å². The van der Waals surface area contributed by atoms with Crippen molar-refractivity contribution in [3.05, 3.63) is 30.1 Å². The number of carbonyl (C=O) groups is 1. The molecule has 8 heteroatoms. The van der Waals surface area contributed by atoms with Gasteiger partial charge >= 0.3 is 0 Å². The minimum atomic E-state index is -0.306. The molecule has 1 aliphatic rings. The zero-order valence-corrected chi connectivity index (χ0v) is 16.6. The van der Waals surface area contributed by atoms with Crippen molar-refractivity contribution < 1.29 is 9.18 Å². The van der Waals surface area contributed by atoms with Crippen molar-refractivity contribution in [2.45, 2.75) is 43.0 Å². The zero-order chi connectivity index (χ0) is 18.5. The van der Waals surface area contributed by atoms with Crippen molar-refractivity contribution in [1.29, 1.82) is 0 Å². The zero-order valence-electron chi connectivity index (χ0n) is 14.9. The van der Waals surface area contributed by atoms with Gasteiger partial charge in [0.05, 0.1) is 5.75 Å². The fraction of sp³-hybridized carbons (Fsp3) is 0.500. The third-order valence-corrected chi connectivity index (χ3v) is 6.68. The number of carbonyl (C=O) groups excluding carboxylic acids is 1. The van der Waals surface area contributed by atoms with Gasteiger partial charge in [-0.05, 0) is 49.8 Å². The number of benzene rings is 1. The molecule has 1 aliphatic carbocycles. The molecule has 3 rings (SSSR count). The summed E-state index contributed by atoms with van der Waals surface area (Å²) in [5.41, 5.74) is 0.625. The maximum absolute atomic E-state index is 13.2. The number of thioether (sulfide) groups is 1. The Morgan fingerprint density at radius 3 is 2.85 bits per heavy atom. The Hall–Kier alpha value is -1.67. The maximum atomic E-state index is 13.2. The number of hydrogen-bond donors (Lipinski definition) is 1. The van der Waals surface area contributed by atoms with Crippen molar-refractivity contribution in [2.24, 2.45) is 5.92 Å². The predicted molar refractivity (Wildman–Crippen MR) is 105 cm³/mol. The normalized spacial score (nSPS) is 20.0. The van der Waals surface area contributed by atoms with Gasteiger partial charge in [-0.2, -0.15) is 0 Å². The molecule has 140 valence electrons. The number of anilines is 2. The minimum Gasteiger partial charge on any atom is -0.342 e. The molecule has 1 amide bonds. The van der Waals surface area contributed by atoms with Gasteiger partial charge in [0.15, 0.2) is 4.34 Å². The van der Waals surface area contributed by atoms with Crippen LogP contribution in [0.25, 0.3) is 0 Å². The summed E-state index contributed by atoms with van der Waals surface area (Å²) in [5, 5.41) is 11.8. The van der Waals surface area contributed by atoms with Crippen molar-refractivity contribution in [2.75, 3.05) is 18.1 Å². The van der Waals surface area contributed by atoms with Gasteiger partial charge < -0.3 is 10.2 Å². The molecule has 1 aromatic heterocycles. The van der Waals surface area contributed by atoms with Crippen molar-refractivity contribution in [3.63, 3.8) is 0 Å². The summed E-state index contributed by atoms with van der Waals surface area (Å²) in [6, 6.07) is 6.55. The van der Waals surface area contributed by atoms with E-state index in [9.17, 15) is 9.18 Å². The van der Waals surface area contributed by atoms with Crippen LogP contribution >= 0.6 is 23.1 Å². The average Bonchev–Trinajstić information content (AvgIpc) is 3.07. The van der Waals surface area contributed by atoms with Crippen molar-refractivity contribution in [3.8, 4) is 0 Å². The highest BCUT2D eigenvalue weighted by Crippen LogP contribution is 2.30. The number of halogens is 1. The van der Waals surface area contributed by atoms with Crippen LogP contribution < -0.4 is 5.32 Å². The SMILES string of the molecule is CC1CCC(N(C)C(=O)CSc2nnc(Nc3cccc(F)c3)s2)CC1. The second kappa shape index (κ2) is 8.81. The van der Waals surface area contributed by atoms with E-state index in [1.807, 2.05) is 11.9 Å².